The van der Waals surface area contributed by atoms with Gasteiger partial charge in [-0.1, -0.05) is 170 Å². The molecule has 14 aromatic rings. The van der Waals surface area contributed by atoms with Gasteiger partial charge in [-0.25, -0.2) is 15.0 Å². The molecule has 0 aliphatic rings. The van der Waals surface area contributed by atoms with Crippen molar-refractivity contribution in [2.75, 3.05) is 0 Å². The lowest BCUT2D eigenvalue weighted by Gasteiger charge is -2.19. The number of nitriles is 2. The van der Waals surface area contributed by atoms with Crippen LogP contribution in [0.4, 0.5) is 0 Å². The Morgan fingerprint density at radius 3 is 1.23 bits per heavy atom. The fourth-order valence-electron chi connectivity index (χ4n) is 11.1. The maximum absolute atomic E-state index is 11.4. The van der Waals surface area contributed by atoms with Crippen molar-refractivity contribution in [3.8, 4) is 74.5 Å². The molecule has 0 aliphatic carbocycles. The molecule has 0 bridgehead atoms. The Labute approximate surface area is 418 Å². The highest BCUT2D eigenvalue weighted by Crippen LogP contribution is 2.43. The molecule has 0 aliphatic heterocycles. The van der Waals surface area contributed by atoms with E-state index in [0.29, 0.717) is 39.9 Å². The van der Waals surface area contributed by atoms with Crippen LogP contribution in [0.3, 0.4) is 0 Å². The second-order valence-electron chi connectivity index (χ2n) is 18.1. The third-order valence-electron chi connectivity index (χ3n) is 14.2. The first-order valence-electron chi connectivity index (χ1n) is 24.2. The van der Waals surface area contributed by atoms with E-state index in [4.69, 9.17) is 15.0 Å². The topological polar surface area (TPSA) is 101 Å². The van der Waals surface area contributed by atoms with Crippen LogP contribution in [0.25, 0.3) is 128 Å². The molecule has 0 saturated carbocycles. The van der Waals surface area contributed by atoms with Gasteiger partial charge in [0.2, 0.25) is 0 Å². The summed E-state index contributed by atoms with van der Waals surface area (Å²) in [7, 11) is 0. The molecular weight excluding hydrogens is 893 g/mol. The maximum atomic E-state index is 11.4. The lowest BCUT2D eigenvalue weighted by molar-refractivity contribution is 1.06. The monoisotopic (exact) mass is 930 g/mol. The molecule has 0 spiro atoms. The van der Waals surface area contributed by atoms with Gasteiger partial charge in [-0.2, -0.15) is 10.5 Å². The Kier molecular flexibility index (Phi) is 9.47. The van der Waals surface area contributed by atoms with E-state index in [9.17, 15) is 10.5 Å². The second-order valence-corrected chi connectivity index (χ2v) is 18.1. The first kappa shape index (κ1) is 41.6. The van der Waals surface area contributed by atoms with Crippen LogP contribution in [0, 0.1) is 22.7 Å². The summed E-state index contributed by atoms with van der Waals surface area (Å²) >= 11 is 0. The zero-order valence-corrected chi connectivity index (χ0v) is 39.0. The lowest BCUT2D eigenvalue weighted by Crippen LogP contribution is -2.06. The number of benzene rings is 10. The predicted molar refractivity (Wildman–Crippen MR) is 294 cm³/mol. The average Bonchev–Trinajstić information content (AvgIpc) is 4.10. The predicted octanol–water partition coefficient (Wildman–Crippen LogP) is 15.6. The molecule has 0 amide bonds. The maximum Gasteiger partial charge on any atom is 0.166 e. The molecule has 10 aromatic carbocycles. The van der Waals surface area contributed by atoms with Crippen LogP contribution in [-0.2, 0) is 0 Å². The van der Waals surface area contributed by atoms with Crippen molar-refractivity contribution in [3.05, 3.63) is 242 Å². The average molecular weight is 931 g/mol. The Bertz CT molecular complexity index is 4500. The van der Waals surface area contributed by atoms with Crippen LogP contribution >= 0.6 is 0 Å². The molecule has 0 N–H and O–H groups in total. The molecule has 0 radical (unpaired) electrons. The summed E-state index contributed by atoms with van der Waals surface area (Å²) in [4.78, 5) is 15.9. The molecule has 4 aromatic heterocycles. The highest BCUT2D eigenvalue weighted by molar-refractivity contribution is 6.12. The minimum atomic E-state index is 0.422. The van der Waals surface area contributed by atoms with E-state index in [-0.39, 0.29) is 0 Å². The van der Waals surface area contributed by atoms with Crippen LogP contribution in [-0.4, -0.2) is 28.7 Å². The summed E-state index contributed by atoms with van der Waals surface area (Å²) in [5, 5.41) is 28.9. The van der Waals surface area contributed by atoms with Crippen LogP contribution in [0.5, 0.6) is 0 Å². The van der Waals surface area contributed by atoms with Gasteiger partial charge in [0.05, 0.1) is 61.3 Å². The summed E-state index contributed by atoms with van der Waals surface area (Å²) in [5.41, 5.74) is 13.3. The smallest absolute Gasteiger partial charge is 0.166 e. The van der Waals surface area contributed by atoms with E-state index in [1.807, 2.05) is 97.1 Å². The normalized spacial score (nSPS) is 11.5. The zero-order valence-electron chi connectivity index (χ0n) is 39.0. The van der Waals surface area contributed by atoms with Gasteiger partial charge in [-0.3, -0.25) is 0 Å². The molecule has 4 heterocycles. The lowest BCUT2D eigenvalue weighted by atomic mass is 9.95. The van der Waals surface area contributed by atoms with Gasteiger partial charge in [0.15, 0.2) is 17.5 Å². The minimum Gasteiger partial charge on any atom is -0.309 e. The van der Waals surface area contributed by atoms with Crippen LogP contribution in [0.15, 0.2) is 231 Å². The van der Waals surface area contributed by atoms with Crippen molar-refractivity contribution in [2.24, 2.45) is 0 Å². The zero-order chi connectivity index (χ0) is 48.6. The molecular formula is C65H38N8. The van der Waals surface area contributed by atoms with Gasteiger partial charge in [0.1, 0.15) is 12.1 Å². The van der Waals surface area contributed by atoms with Crippen LogP contribution in [0.1, 0.15) is 11.1 Å². The molecule has 338 valence electrons. The molecule has 0 saturated heterocycles. The number of nitrogens with zero attached hydrogens (tertiary/aromatic N) is 8. The van der Waals surface area contributed by atoms with Crippen LogP contribution < -0.4 is 0 Å². The van der Waals surface area contributed by atoms with E-state index in [1.54, 1.807) is 0 Å². The number of para-hydroxylation sites is 7. The van der Waals surface area contributed by atoms with Crippen molar-refractivity contribution >= 4 is 65.4 Å². The van der Waals surface area contributed by atoms with Crippen molar-refractivity contribution in [2.45, 2.75) is 0 Å². The summed E-state index contributed by atoms with van der Waals surface area (Å²) < 4.78 is 6.68. The van der Waals surface area contributed by atoms with Crippen LogP contribution in [0.2, 0.25) is 0 Å². The molecule has 0 fully saturated rings. The molecule has 8 nitrogen and oxygen atoms in total. The van der Waals surface area contributed by atoms with E-state index < -0.39 is 0 Å². The van der Waals surface area contributed by atoms with Gasteiger partial charge in [-0.05, 0) is 60.7 Å². The van der Waals surface area contributed by atoms with E-state index in [0.717, 1.165) is 99.0 Å². The summed E-state index contributed by atoms with van der Waals surface area (Å²) in [5.74, 6) is 1.36. The number of aromatic nitrogens is 6. The molecule has 0 unspecified atom stereocenters. The highest BCUT2D eigenvalue weighted by atomic mass is 15.1. The summed E-state index contributed by atoms with van der Waals surface area (Å²) in [6, 6.07) is 83.6. The fourth-order valence-corrected chi connectivity index (χ4v) is 11.1. The number of rotatable bonds is 7. The Morgan fingerprint density at radius 2 is 0.726 bits per heavy atom. The van der Waals surface area contributed by atoms with Crippen molar-refractivity contribution in [3.63, 3.8) is 0 Å². The molecule has 14 rings (SSSR count). The molecule has 8 heteroatoms. The quantitative estimate of drug-likeness (QED) is 0.158. The minimum absolute atomic E-state index is 0.422. The fraction of sp³-hybridized carbons (Fsp3) is 0. The van der Waals surface area contributed by atoms with Gasteiger partial charge in [0, 0.05) is 60.1 Å². The summed E-state index contributed by atoms with van der Waals surface area (Å²) in [6.07, 6.45) is 0. The van der Waals surface area contributed by atoms with E-state index in [2.05, 4.69) is 159 Å². The van der Waals surface area contributed by atoms with E-state index >= 15 is 0 Å². The highest BCUT2D eigenvalue weighted by Gasteiger charge is 2.25. The second kappa shape index (κ2) is 16.6. The Morgan fingerprint density at radius 1 is 0.301 bits per heavy atom. The largest absolute Gasteiger partial charge is 0.309 e. The van der Waals surface area contributed by atoms with E-state index in [1.165, 1.54) is 0 Å². The SMILES string of the molecule is N#Cc1cccc(-c2nc(-c3ccccc3)nc(-c3ccc(-c4cccc(-n5c6ccccc6c6ccccc65)c4C#N)c(-n4c5ccccc5c5ccccc54)c3)n2)c1-n1c2ccccc2c2ccccc21. The van der Waals surface area contributed by atoms with Crippen molar-refractivity contribution in [1.29, 1.82) is 10.5 Å². The number of hydrogen-bond acceptors (Lipinski definition) is 5. The third kappa shape index (κ3) is 6.42. The Hall–Kier alpha value is -10.4. The standard InChI is InChI=1S/C65H38N8/c66-39-43-20-16-28-52(62(43)73-58-33-14-8-25-49(58)50-26-9-15-34-59(50)73)65-69-63(41-18-2-1-3-19-41)68-64(70-65)42-36-37-51(61(38-42)72-56-31-12-6-23-47(56)48-24-7-13-32-57(48)72)44-27-17-35-60(53(44)40-67)71-54-29-10-4-21-45(54)46-22-5-11-30-55(46)71/h1-38H. The molecule has 0 atom stereocenters. The molecule has 73 heavy (non-hydrogen) atoms. The summed E-state index contributed by atoms with van der Waals surface area (Å²) in [6.45, 7) is 0. The number of hydrogen-bond donors (Lipinski definition) is 0. The van der Waals surface area contributed by atoms with Gasteiger partial charge < -0.3 is 13.7 Å². The van der Waals surface area contributed by atoms with Gasteiger partial charge in [0.25, 0.3) is 0 Å². The first-order valence-corrected chi connectivity index (χ1v) is 24.2. The number of fused-ring (bicyclic) bond motifs is 9. The van der Waals surface area contributed by atoms with Crippen molar-refractivity contribution < 1.29 is 0 Å². The van der Waals surface area contributed by atoms with Crippen molar-refractivity contribution in [1.82, 2.24) is 28.7 Å². The Balaban J connectivity index is 1.05. The van der Waals surface area contributed by atoms with Gasteiger partial charge >= 0.3 is 0 Å². The third-order valence-corrected chi connectivity index (χ3v) is 14.2. The van der Waals surface area contributed by atoms with Gasteiger partial charge in [-0.15, -0.1) is 0 Å². The first-order chi connectivity index (χ1) is 36.2.